The molecule has 0 radical (unpaired) electrons. The molecule has 110 valence electrons. The van der Waals surface area contributed by atoms with E-state index in [1.807, 2.05) is 19.1 Å². The van der Waals surface area contributed by atoms with Crippen LogP contribution in [0, 0.1) is 5.92 Å². The lowest BCUT2D eigenvalue weighted by atomic mass is 9.90. The lowest BCUT2D eigenvalue weighted by Gasteiger charge is -2.37. The summed E-state index contributed by atoms with van der Waals surface area (Å²) in [5.74, 6) is -0.266. The fourth-order valence-corrected chi connectivity index (χ4v) is 3.00. The van der Waals surface area contributed by atoms with E-state index >= 15 is 0 Å². The molecule has 20 heavy (non-hydrogen) atoms. The van der Waals surface area contributed by atoms with E-state index in [9.17, 15) is 9.90 Å². The Bertz CT molecular complexity index is 492. The van der Waals surface area contributed by atoms with Crippen molar-refractivity contribution >= 4 is 17.6 Å². The number of methoxy groups -OCH3 is 1. The molecular weight excluding hydrogens is 278 g/mol. The number of hydrogen-bond donors (Lipinski definition) is 1. The van der Waals surface area contributed by atoms with Crippen LogP contribution in [0.15, 0.2) is 18.2 Å². The van der Waals surface area contributed by atoms with Gasteiger partial charge in [-0.2, -0.15) is 0 Å². The molecule has 5 heteroatoms. The van der Waals surface area contributed by atoms with E-state index < -0.39 is 5.97 Å². The summed E-state index contributed by atoms with van der Waals surface area (Å²) in [7, 11) is 1.61. The second-order valence-corrected chi connectivity index (χ2v) is 5.66. The van der Waals surface area contributed by atoms with Crippen LogP contribution in [-0.2, 0) is 11.3 Å². The van der Waals surface area contributed by atoms with Gasteiger partial charge in [-0.1, -0.05) is 17.7 Å². The minimum atomic E-state index is -0.706. The SMILES string of the molecule is COc1ccc(CN2CCC[C@H](C(=O)O)[C@@H]2C)c(Cl)c1. The average Bonchev–Trinajstić information content (AvgIpc) is 2.42. The number of rotatable bonds is 4. The van der Waals surface area contributed by atoms with E-state index in [0.29, 0.717) is 11.6 Å². The topological polar surface area (TPSA) is 49.8 Å². The maximum Gasteiger partial charge on any atom is 0.308 e. The predicted octanol–water partition coefficient (Wildman–Crippen LogP) is 3.03. The maximum absolute atomic E-state index is 11.2. The van der Waals surface area contributed by atoms with Crippen LogP contribution in [0.3, 0.4) is 0 Å². The number of likely N-dealkylation sites (tertiary alicyclic amines) is 1. The Hall–Kier alpha value is -1.26. The summed E-state index contributed by atoms with van der Waals surface area (Å²) >= 11 is 6.25. The first kappa shape index (κ1) is 15.1. The van der Waals surface area contributed by atoms with Gasteiger partial charge in [-0.05, 0) is 44.0 Å². The molecule has 4 nitrogen and oxygen atoms in total. The van der Waals surface area contributed by atoms with Gasteiger partial charge in [0.15, 0.2) is 0 Å². The third kappa shape index (κ3) is 3.25. The number of carboxylic acid groups (broad SMARTS) is 1. The molecule has 0 bridgehead atoms. The van der Waals surface area contributed by atoms with E-state index in [0.717, 1.165) is 30.7 Å². The molecule has 0 aliphatic carbocycles. The smallest absolute Gasteiger partial charge is 0.308 e. The summed E-state index contributed by atoms with van der Waals surface area (Å²) in [5.41, 5.74) is 1.00. The lowest BCUT2D eigenvalue weighted by Crippen LogP contribution is -2.45. The molecule has 1 aliphatic heterocycles. The molecule has 1 N–H and O–H groups in total. The van der Waals surface area contributed by atoms with Crippen molar-refractivity contribution in [3.05, 3.63) is 28.8 Å². The Morgan fingerprint density at radius 3 is 2.90 bits per heavy atom. The minimum Gasteiger partial charge on any atom is -0.497 e. The van der Waals surface area contributed by atoms with E-state index in [-0.39, 0.29) is 12.0 Å². The van der Waals surface area contributed by atoms with Crippen LogP contribution in [-0.4, -0.2) is 35.7 Å². The highest BCUT2D eigenvalue weighted by Gasteiger charge is 2.32. The molecule has 1 heterocycles. The summed E-state index contributed by atoms with van der Waals surface area (Å²) in [6, 6.07) is 5.64. The van der Waals surface area contributed by atoms with Gasteiger partial charge in [0, 0.05) is 17.6 Å². The molecule has 0 amide bonds. The molecular formula is C15H20ClNO3. The van der Waals surface area contributed by atoms with Gasteiger partial charge in [0.05, 0.1) is 13.0 Å². The van der Waals surface area contributed by atoms with Crippen molar-refractivity contribution in [1.82, 2.24) is 4.90 Å². The van der Waals surface area contributed by atoms with Gasteiger partial charge in [0.2, 0.25) is 0 Å². The molecule has 0 aromatic heterocycles. The van der Waals surface area contributed by atoms with E-state index in [4.69, 9.17) is 16.3 Å². The van der Waals surface area contributed by atoms with Crippen molar-refractivity contribution in [3.8, 4) is 5.75 Å². The first-order valence-electron chi connectivity index (χ1n) is 6.82. The minimum absolute atomic E-state index is 0.0272. The van der Waals surface area contributed by atoms with Crippen LogP contribution in [0.2, 0.25) is 5.02 Å². The zero-order valence-electron chi connectivity index (χ0n) is 11.8. The van der Waals surface area contributed by atoms with Crippen LogP contribution in [0.1, 0.15) is 25.3 Å². The monoisotopic (exact) mass is 297 g/mol. The molecule has 0 saturated carbocycles. The Morgan fingerprint density at radius 2 is 2.30 bits per heavy atom. The molecule has 0 spiro atoms. The Balaban J connectivity index is 2.11. The number of carboxylic acids is 1. The summed E-state index contributed by atoms with van der Waals surface area (Å²) < 4.78 is 5.13. The van der Waals surface area contributed by atoms with Crippen molar-refractivity contribution in [1.29, 1.82) is 0 Å². The second kappa shape index (κ2) is 6.46. The van der Waals surface area contributed by atoms with Gasteiger partial charge in [0.1, 0.15) is 5.75 Å². The summed E-state index contributed by atoms with van der Waals surface area (Å²) in [6.45, 7) is 3.57. The number of piperidine rings is 1. The number of aliphatic carboxylic acids is 1. The average molecular weight is 298 g/mol. The second-order valence-electron chi connectivity index (χ2n) is 5.26. The first-order valence-corrected chi connectivity index (χ1v) is 7.20. The molecule has 1 aromatic carbocycles. The first-order chi connectivity index (χ1) is 9.52. The van der Waals surface area contributed by atoms with Crippen LogP contribution in [0.4, 0.5) is 0 Å². The summed E-state index contributed by atoms with van der Waals surface area (Å²) in [5, 5.41) is 9.91. The molecule has 2 rings (SSSR count). The molecule has 1 aromatic rings. The highest BCUT2D eigenvalue weighted by molar-refractivity contribution is 6.31. The standard InChI is InChI=1S/C15H20ClNO3/c1-10-13(15(18)19)4-3-7-17(10)9-11-5-6-12(20-2)8-14(11)16/h5-6,8,10,13H,3-4,7,9H2,1-2H3,(H,18,19)/t10-,13-/m0/s1. The van der Waals surface area contributed by atoms with Gasteiger partial charge in [-0.3, -0.25) is 9.69 Å². The quantitative estimate of drug-likeness (QED) is 0.928. The van der Waals surface area contributed by atoms with Gasteiger partial charge >= 0.3 is 5.97 Å². The van der Waals surface area contributed by atoms with Crippen LogP contribution < -0.4 is 4.74 Å². The predicted molar refractivity (Wildman–Crippen MR) is 78.2 cm³/mol. The zero-order chi connectivity index (χ0) is 14.7. The van der Waals surface area contributed by atoms with Crippen molar-refractivity contribution in [2.24, 2.45) is 5.92 Å². The third-order valence-electron chi connectivity index (χ3n) is 4.07. The third-order valence-corrected chi connectivity index (χ3v) is 4.42. The number of hydrogen-bond acceptors (Lipinski definition) is 3. The Morgan fingerprint density at radius 1 is 1.55 bits per heavy atom. The highest BCUT2D eigenvalue weighted by atomic mass is 35.5. The molecule has 1 fully saturated rings. The summed E-state index contributed by atoms with van der Waals surface area (Å²) in [4.78, 5) is 13.4. The van der Waals surface area contributed by atoms with Gasteiger partial charge in [0.25, 0.3) is 0 Å². The van der Waals surface area contributed by atoms with Gasteiger partial charge in [-0.25, -0.2) is 0 Å². The molecule has 1 saturated heterocycles. The number of halogens is 1. The van der Waals surface area contributed by atoms with Crippen molar-refractivity contribution in [2.45, 2.75) is 32.4 Å². The Labute approximate surface area is 124 Å². The Kier molecular flexibility index (Phi) is 4.89. The number of benzene rings is 1. The normalized spacial score (nSPS) is 23.6. The van der Waals surface area contributed by atoms with Crippen molar-refractivity contribution in [2.75, 3.05) is 13.7 Å². The lowest BCUT2D eigenvalue weighted by molar-refractivity contribution is -0.145. The molecule has 2 atom stereocenters. The van der Waals surface area contributed by atoms with Crippen LogP contribution in [0.25, 0.3) is 0 Å². The highest BCUT2D eigenvalue weighted by Crippen LogP contribution is 2.28. The van der Waals surface area contributed by atoms with Crippen molar-refractivity contribution in [3.63, 3.8) is 0 Å². The van der Waals surface area contributed by atoms with E-state index in [2.05, 4.69) is 4.90 Å². The molecule has 0 unspecified atom stereocenters. The number of nitrogens with zero attached hydrogens (tertiary/aromatic N) is 1. The summed E-state index contributed by atoms with van der Waals surface area (Å²) in [6.07, 6.45) is 1.67. The van der Waals surface area contributed by atoms with Crippen LogP contribution in [0.5, 0.6) is 5.75 Å². The molecule has 1 aliphatic rings. The van der Waals surface area contributed by atoms with Gasteiger partial charge in [-0.15, -0.1) is 0 Å². The van der Waals surface area contributed by atoms with E-state index in [1.54, 1.807) is 13.2 Å². The number of ether oxygens (including phenoxy) is 1. The van der Waals surface area contributed by atoms with Crippen molar-refractivity contribution < 1.29 is 14.6 Å². The van der Waals surface area contributed by atoms with E-state index in [1.165, 1.54) is 0 Å². The number of carbonyl (C=O) groups is 1. The van der Waals surface area contributed by atoms with Crippen LogP contribution >= 0.6 is 11.6 Å². The van der Waals surface area contributed by atoms with Gasteiger partial charge < -0.3 is 9.84 Å². The zero-order valence-corrected chi connectivity index (χ0v) is 12.6. The maximum atomic E-state index is 11.2. The fourth-order valence-electron chi connectivity index (χ4n) is 2.77. The fraction of sp³-hybridized carbons (Fsp3) is 0.533. The largest absolute Gasteiger partial charge is 0.497 e.